The summed E-state index contributed by atoms with van der Waals surface area (Å²) >= 11 is 0. The van der Waals surface area contributed by atoms with Crippen LogP contribution in [0.3, 0.4) is 0 Å². The van der Waals surface area contributed by atoms with Crippen LogP contribution in [0.5, 0.6) is 0 Å². The topological polar surface area (TPSA) is 51.2 Å². The van der Waals surface area contributed by atoms with Crippen LogP contribution in [0.4, 0.5) is 5.82 Å². The zero-order chi connectivity index (χ0) is 12.8. The van der Waals surface area contributed by atoms with Gasteiger partial charge in [0.2, 0.25) is 0 Å². The molecule has 0 atom stereocenters. The first-order chi connectivity index (χ1) is 9.31. The monoisotopic (exact) mass is 254 g/mol. The van der Waals surface area contributed by atoms with Crippen LogP contribution in [0.25, 0.3) is 5.52 Å². The maximum Gasteiger partial charge on any atom is 0.155 e. The van der Waals surface area contributed by atoms with Gasteiger partial charge in [-0.25, -0.2) is 14.5 Å². The molecule has 4 rings (SSSR count). The van der Waals surface area contributed by atoms with Gasteiger partial charge in [0.25, 0.3) is 0 Å². The van der Waals surface area contributed by atoms with Gasteiger partial charge >= 0.3 is 0 Å². The molecule has 0 N–H and O–H groups in total. The Morgan fingerprint density at radius 1 is 1.11 bits per heavy atom. The summed E-state index contributed by atoms with van der Waals surface area (Å²) in [7, 11) is 0. The first kappa shape index (κ1) is 10.5. The van der Waals surface area contributed by atoms with Crippen molar-refractivity contribution in [3.63, 3.8) is 0 Å². The molecular weight excluding hydrogens is 240 g/mol. The molecule has 6 nitrogen and oxygen atoms in total. The van der Waals surface area contributed by atoms with Crippen LogP contribution in [-0.2, 0) is 13.1 Å². The summed E-state index contributed by atoms with van der Waals surface area (Å²) in [6.07, 6.45) is 7.58. The van der Waals surface area contributed by atoms with Gasteiger partial charge in [0.15, 0.2) is 5.82 Å². The number of aromatic nitrogens is 5. The van der Waals surface area contributed by atoms with Crippen molar-refractivity contribution < 1.29 is 0 Å². The number of anilines is 1. The zero-order valence-electron chi connectivity index (χ0n) is 10.7. The fraction of sp³-hybridized carbons (Fsp3) is 0.308. The quantitative estimate of drug-likeness (QED) is 0.656. The van der Waals surface area contributed by atoms with E-state index in [0.717, 1.165) is 42.5 Å². The highest BCUT2D eigenvalue weighted by Gasteiger charge is 2.20. The van der Waals surface area contributed by atoms with Crippen molar-refractivity contribution in [3.05, 3.63) is 42.4 Å². The van der Waals surface area contributed by atoms with Crippen molar-refractivity contribution in [2.45, 2.75) is 20.0 Å². The molecule has 0 spiro atoms. The van der Waals surface area contributed by atoms with Crippen molar-refractivity contribution in [3.8, 4) is 0 Å². The maximum atomic E-state index is 4.53. The number of imidazole rings is 1. The third kappa shape index (κ3) is 1.60. The normalized spacial score (nSPS) is 14.9. The summed E-state index contributed by atoms with van der Waals surface area (Å²) in [6, 6.07) is 2.07. The number of nitrogens with zero attached hydrogens (tertiary/aromatic N) is 6. The Hall–Kier alpha value is -2.37. The van der Waals surface area contributed by atoms with E-state index < -0.39 is 0 Å². The Labute approximate surface area is 110 Å². The lowest BCUT2D eigenvalue weighted by Gasteiger charge is -2.28. The van der Waals surface area contributed by atoms with Gasteiger partial charge in [-0.15, -0.1) is 0 Å². The van der Waals surface area contributed by atoms with Crippen molar-refractivity contribution in [2.24, 2.45) is 0 Å². The van der Waals surface area contributed by atoms with Gasteiger partial charge in [-0.1, -0.05) is 0 Å². The van der Waals surface area contributed by atoms with E-state index in [-0.39, 0.29) is 0 Å². The minimum absolute atomic E-state index is 0.796. The maximum absolute atomic E-state index is 4.53. The fourth-order valence-electron chi connectivity index (χ4n) is 2.63. The van der Waals surface area contributed by atoms with Crippen LogP contribution < -0.4 is 4.90 Å². The predicted octanol–water partition coefficient (Wildman–Crippen LogP) is 1.25. The molecule has 0 bridgehead atoms. The Morgan fingerprint density at radius 3 is 2.95 bits per heavy atom. The smallest absolute Gasteiger partial charge is 0.155 e. The van der Waals surface area contributed by atoms with Crippen LogP contribution in [0.1, 0.15) is 11.5 Å². The molecule has 19 heavy (non-hydrogen) atoms. The van der Waals surface area contributed by atoms with Crippen molar-refractivity contribution in [2.75, 3.05) is 11.4 Å². The SMILES string of the molecule is Cc1cc2c(N3CCn4ccnc4C3)nccn2n1. The summed E-state index contributed by atoms with van der Waals surface area (Å²) in [5.74, 6) is 2.07. The second-order valence-corrected chi connectivity index (χ2v) is 4.82. The van der Waals surface area contributed by atoms with Gasteiger partial charge in [0.1, 0.15) is 11.3 Å². The largest absolute Gasteiger partial charge is 0.346 e. The van der Waals surface area contributed by atoms with Crippen LogP contribution in [0.15, 0.2) is 30.9 Å². The molecule has 3 aromatic heterocycles. The molecular formula is C13H14N6. The predicted molar refractivity (Wildman–Crippen MR) is 71.0 cm³/mol. The molecule has 0 aromatic carbocycles. The Kier molecular flexibility index (Phi) is 2.11. The zero-order valence-corrected chi connectivity index (χ0v) is 10.7. The van der Waals surface area contributed by atoms with E-state index in [9.17, 15) is 0 Å². The minimum atomic E-state index is 0.796. The number of fused-ring (bicyclic) bond motifs is 2. The van der Waals surface area contributed by atoms with E-state index in [1.165, 1.54) is 0 Å². The van der Waals surface area contributed by atoms with Gasteiger partial charge in [0.05, 0.1) is 12.2 Å². The van der Waals surface area contributed by atoms with Crippen LogP contribution in [0.2, 0.25) is 0 Å². The van der Waals surface area contributed by atoms with E-state index in [0.29, 0.717) is 0 Å². The molecule has 4 heterocycles. The fourth-order valence-corrected chi connectivity index (χ4v) is 2.63. The lowest BCUT2D eigenvalue weighted by Crippen LogP contribution is -2.34. The van der Waals surface area contributed by atoms with Crippen molar-refractivity contribution in [1.29, 1.82) is 0 Å². The summed E-state index contributed by atoms with van der Waals surface area (Å²) in [5.41, 5.74) is 2.06. The average molecular weight is 254 g/mol. The second kappa shape index (κ2) is 3.81. The standard InChI is InChI=1S/C13H14N6/c1-10-8-11-13(15-3-5-19(11)16-10)18-7-6-17-4-2-14-12(17)9-18/h2-5,8H,6-7,9H2,1H3. The molecule has 0 radical (unpaired) electrons. The molecule has 1 aliphatic heterocycles. The third-order valence-corrected chi connectivity index (χ3v) is 3.54. The average Bonchev–Trinajstić information content (AvgIpc) is 3.01. The molecule has 0 aliphatic carbocycles. The van der Waals surface area contributed by atoms with E-state index in [1.54, 1.807) is 6.20 Å². The molecule has 6 heteroatoms. The summed E-state index contributed by atoms with van der Waals surface area (Å²) < 4.78 is 4.08. The van der Waals surface area contributed by atoms with Crippen LogP contribution in [-0.4, -0.2) is 30.7 Å². The van der Waals surface area contributed by atoms with E-state index in [4.69, 9.17) is 0 Å². The van der Waals surface area contributed by atoms with Crippen LogP contribution in [0, 0.1) is 6.92 Å². The molecule has 3 aromatic rings. The lowest BCUT2D eigenvalue weighted by atomic mass is 10.3. The lowest BCUT2D eigenvalue weighted by molar-refractivity contribution is 0.556. The highest BCUT2D eigenvalue weighted by Crippen LogP contribution is 2.23. The van der Waals surface area contributed by atoms with Gasteiger partial charge in [-0.3, -0.25) is 0 Å². The Morgan fingerprint density at radius 2 is 2.00 bits per heavy atom. The molecule has 0 unspecified atom stereocenters. The van der Waals surface area contributed by atoms with E-state index >= 15 is 0 Å². The van der Waals surface area contributed by atoms with E-state index in [2.05, 4.69) is 30.6 Å². The van der Waals surface area contributed by atoms with Crippen LogP contribution >= 0.6 is 0 Å². The second-order valence-electron chi connectivity index (χ2n) is 4.82. The minimum Gasteiger partial charge on any atom is -0.346 e. The van der Waals surface area contributed by atoms with Gasteiger partial charge < -0.3 is 9.47 Å². The van der Waals surface area contributed by atoms with Gasteiger partial charge in [-0.05, 0) is 13.0 Å². The molecule has 0 amide bonds. The molecule has 0 saturated carbocycles. The highest BCUT2D eigenvalue weighted by molar-refractivity contribution is 5.69. The summed E-state index contributed by atoms with van der Waals surface area (Å²) in [5, 5.41) is 4.43. The van der Waals surface area contributed by atoms with Crippen molar-refractivity contribution in [1.82, 2.24) is 24.1 Å². The summed E-state index contributed by atoms with van der Waals surface area (Å²) in [4.78, 5) is 11.2. The molecule has 96 valence electrons. The van der Waals surface area contributed by atoms with E-state index in [1.807, 2.05) is 30.0 Å². The highest BCUT2D eigenvalue weighted by atomic mass is 15.3. The molecule has 0 fully saturated rings. The molecule has 1 aliphatic rings. The molecule has 0 saturated heterocycles. The van der Waals surface area contributed by atoms with Crippen molar-refractivity contribution >= 4 is 11.3 Å². The third-order valence-electron chi connectivity index (χ3n) is 3.54. The number of hydrogen-bond acceptors (Lipinski definition) is 4. The van der Waals surface area contributed by atoms with Gasteiger partial charge in [0, 0.05) is 37.9 Å². The summed E-state index contributed by atoms with van der Waals surface area (Å²) in [6.45, 7) is 4.69. The number of rotatable bonds is 1. The van der Waals surface area contributed by atoms with Gasteiger partial charge in [-0.2, -0.15) is 5.10 Å². The first-order valence-electron chi connectivity index (χ1n) is 6.37. The number of hydrogen-bond donors (Lipinski definition) is 0. The Balaban J connectivity index is 1.79. The Bertz CT molecular complexity index is 741. The number of aryl methyl sites for hydroxylation is 1. The first-order valence-corrected chi connectivity index (χ1v) is 6.37.